The number of rotatable bonds is 4. The van der Waals surface area contributed by atoms with Crippen LogP contribution in [0.3, 0.4) is 0 Å². The van der Waals surface area contributed by atoms with E-state index in [0.717, 1.165) is 31.7 Å². The fraction of sp³-hybridized carbons (Fsp3) is 0.867. The van der Waals surface area contributed by atoms with Gasteiger partial charge in [-0.3, -0.25) is 4.79 Å². The fourth-order valence-corrected chi connectivity index (χ4v) is 4.34. The summed E-state index contributed by atoms with van der Waals surface area (Å²) in [5, 5.41) is 12.2. The third-order valence-corrected chi connectivity index (χ3v) is 5.39. The van der Waals surface area contributed by atoms with E-state index >= 15 is 0 Å². The van der Waals surface area contributed by atoms with E-state index in [2.05, 4.69) is 5.32 Å². The van der Waals surface area contributed by atoms with Gasteiger partial charge in [-0.2, -0.15) is 0 Å². The topological polar surface area (TPSA) is 69.6 Å². The van der Waals surface area contributed by atoms with Gasteiger partial charge in [0, 0.05) is 18.6 Å². The Balaban J connectivity index is 1.49. The second kappa shape index (κ2) is 5.62. The minimum atomic E-state index is -0.749. The lowest BCUT2D eigenvalue weighted by Crippen LogP contribution is -2.44. The lowest BCUT2D eigenvalue weighted by molar-refractivity contribution is -0.142. The Morgan fingerprint density at radius 2 is 1.90 bits per heavy atom. The van der Waals surface area contributed by atoms with Crippen molar-refractivity contribution in [1.82, 2.24) is 10.2 Å². The van der Waals surface area contributed by atoms with Gasteiger partial charge in [0.25, 0.3) is 0 Å². The summed E-state index contributed by atoms with van der Waals surface area (Å²) in [5.74, 6) is -0.326. The van der Waals surface area contributed by atoms with Gasteiger partial charge >= 0.3 is 12.0 Å². The van der Waals surface area contributed by atoms with Gasteiger partial charge in [-0.15, -0.1) is 0 Å². The monoisotopic (exact) mass is 280 g/mol. The highest BCUT2D eigenvalue weighted by Gasteiger charge is 2.51. The predicted octanol–water partition coefficient (Wildman–Crippen LogP) is 2.21. The molecular formula is C15H24N2O3. The molecule has 1 saturated carbocycles. The third-order valence-electron chi connectivity index (χ3n) is 5.39. The minimum Gasteiger partial charge on any atom is -0.481 e. The van der Waals surface area contributed by atoms with Crippen molar-refractivity contribution in [1.29, 1.82) is 0 Å². The molecule has 0 spiro atoms. The molecule has 3 rings (SSSR count). The van der Waals surface area contributed by atoms with E-state index in [1.165, 1.54) is 25.7 Å². The largest absolute Gasteiger partial charge is 0.481 e. The maximum absolute atomic E-state index is 12.3. The van der Waals surface area contributed by atoms with Crippen LogP contribution in [0.2, 0.25) is 0 Å². The van der Waals surface area contributed by atoms with Crippen molar-refractivity contribution in [2.45, 2.75) is 63.5 Å². The van der Waals surface area contributed by atoms with Crippen LogP contribution in [0.1, 0.15) is 51.4 Å². The predicted molar refractivity (Wildman–Crippen MR) is 74.4 cm³/mol. The van der Waals surface area contributed by atoms with Gasteiger partial charge in [-0.25, -0.2) is 4.79 Å². The van der Waals surface area contributed by atoms with Gasteiger partial charge in [0.2, 0.25) is 0 Å². The van der Waals surface area contributed by atoms with E-state index < -0.39 is 5.97 Å². The summed E-state index contributed by atoms with van der Waals surface area (Å²) in [4.78, 5) is 25.3. The number of nitrogens with one attached hydrogen (secondary N) is 1. The maximum atomic E-state index is 12.3. The molecule has 3 aliphatic rings. The van der Waals surface area contributed by atoms with Crippen LogP contribution in [-0.4, -0.2) is 40.6 Å². The van der Waals surface area contributed by atoms with Crippen molar-refractivity contribution in [2.75, 3.05) is 6.54 Å². The van der Waals surface area contributed by atoms with Crippen LogP contribution in [-0.2, 0) is 4.79 Å². The summed E-state index contributed by atoms with van der Waals surface area (Å²) in [5.41, 5.74) is 0. The molecule has 3 atom stereocenters. The highest BCUT2D eigenvalue weighted by Crippen LogP contribution is 2.41. The second-order valence-corrected chi connectivity index (χ2v) is 6.56. The molecule has 5 heteroatoms. The molecule has 2 amide bonds. The Morgan fingerprint density at radius 3 is 2.55 bits per heavy atom. The number of carbonyl (C=O) groups is 2. The molecule has 112 valence electrons. The maximum Gasteiger partial charge on any atom is 0.317 e. The second-order valence-electron chi connectivity index (χ2n) is 6.56. The summed E-state index contributed by atoms with van der Waals surface area (Å²) in [6, 6.07) is 0.0239. The number of urea groups is 1. The number of carbonyl (C=O) groups excluding carboxylic acids is 1. The van der Waals surface area contributed by atoms with E-state index in [1.54, 1.807) is 0 Å². The average molecular weight is 280 g/mol. The van der Waals surface area contributed by atoms with Crippen LogP contribution in [0.4, 0.5) is 4.79 Å². The van der Waals surface area contributed by atoms with Crippen LogP contribution in [0.15, 0.2) is 0 Å². The van der Waals surface area contributed by atoms with Crippen LogP contribution < -0.4 is 5.32 Å². The lowest BCUT2D eigenvalue weighted by Gasteiger charge is -2.23. The number of hydrogen-bond acceptors (Lipinski definition) is 2. The Bertz CT molecular complexity index is 393. The van der Waals surface area contributed by atoms with E-state index in [0.29, 0.717) is 6.42 Å². The van der Waals surface area contributed by atoms with E-state index in [-0.39, 0.29) is 24.0 Å². The van der Waals surface area contributed by atoms with E-state index in [1.807, 2.05) is 4.90 Å². The molecular weight excluding hydrogens is 256 g/mol. The molecule has 3 unspecified atom stereocenters. The summed E-state index contributed by atoms with van der Waals surface area (Å²) < 4.78 is 0. The number of aliphatic carboxylic acids is 1. The number of fused-ring (bicyclic) bond motifs is 2. The van der Waals surface area contributed by atoms with Crippen molar-refractivity contribution in [3.63, 3.8) is 0 Å². The van der Waals surface area contributed by atoms with Crippen molar-refractivity contribution in [3.8, 4) is 0 Å². The van der Waals surface area contributed by atoms with Crippen molar-refractivity contribution in [2.24, 2.45) is 11.8 Å². The van der Waals surface area contributed by atoms with Crippen molar-refractivity contribution >= 4 is 12.0 Å². The zero-order valence-corrected chi connectivity index (χ0v) is 11.9. The van der Waals surface area contributed by atoms with Gasteiger partial charge in [-0.1, -0.05) is 25.7 Å². The molecule has 20 heavy (non-hydrogen) atoms. The molecule has 0 radical (unpaired) electrons. The molecule has 0 aromatic rings. The highest BCUT2D eigenvalue weighted by molar-refractivity contribution is 5.79. The summed E-state index contributed by atoms with van der Waals surface area (Å²) in [6.45, 7) is 0.733. The van der Waals surface area contributed by atoms with Crippen LogP contribution >= 0.6 is 0 Å². The number of amides is 2. The van der Waals surface area contributed by atoms with Crippen molar-refractivity contribution in [3.05, 3.63) is 0 Å². The quantitative estimate of drug-likeness (QED) is 0.829. The number of nitrogens with zero attached hydrogens (tertiary/aromatic N) is 1. The Labute approximate surface area is 119 Å². The zero-order valence-electron chi connectivity index (χ0n) is 11.9. The molecule has 2 aliphatic heterocycles. The molecule has 2 heterocycles. The van der Waals surface area contributed by atoms with Gasteiger partial charge in [0.15, 0.2) is 0 Å². The minimum absolute atomic E-state index is 0.0424. The molecule has 2 N–H and O–H groups in total. The van der Waals surface area contributed by atoms with Gasteiger partial charge < -0.3 is 15.3 Å². The molecule has 0 aromatic carbocycles. The lowest BCUT2D eigenvalue weighted by atomic mass is 9.89. The normalized spacial score (nSPS) is 32.8. The van der Waals surface area contributed by atoms with Gasteiger partial charge in [0.05, 0.1) is 5.92 Å². The summed E-state index contributed by atoms with van der Waals surface area (Å²) in [6.07, 6.45) is 8.76. The third kappa shape index (κ3) is 2.50. The molecule has 0 aromatic heterocycles. The standard InChI is InChI=1S/C15H24N2O3/c18-14(19)12-9-11-5-6-13(12)17(11)15(20)16-8-7-10-3-1-2-4-10/h10-13H,1-9H2,(H,16,20)(H,18,19). The fourth-order valence-electron chi connectivity index (χ4n) is 4.34. The molecule has 2 bridgehead atoms. The average Bonchev–Trinajstić information content (AvgIpc) is 3.13. The van der Waals surface area contributed by atoms with Gasteiger partial charge in [0.1, 0.15) is 0 Å². The Morgan fingerprint density at radius 1 is 1.15 bits per heavy atom. The van der Waals surface area contributed by atoms with Crippen LogP contribution in [0.25, 0.3) is 0 Å². The highest BCUT2D eigenvalue weighted by atomic mass is 16.4. The molecule has 2 saturated heterocycles. The number of carboxylic acids is 1. The Hall–Kier alpha value is -1.26. The van der Waals surface area contributed by atoms with Gasteiger partial charge in [-0.05, 0) is 31.6 Å². The van der Waals surface area contributed by atoms with E-state index in [4.69, 9.17) is 0 Å². The number of hydrogen-bond donors (Lipinski definition) is 2. The Kier molecular flexibility index (Phi) is 3.85. The SMILES string of the molecule is O=C(O)C1CC2CCC1N2C(=O)NCCC1CCCC1. The first-order valence-electron chi connectivity index (χ1n) is 7.96. The van der Waals surface area contributed by atoms with Crippen molar-refractivity contribution < 1.29 is 14.7 Å². The molecule has 1 aliphatic carbocycles. The first-order chi connectivity index (χ1) is 9.66. The first-order valence-corrected chi connectivity index (χ1v) is 7.96. The first kappa shape index (κ1) is 13.7. The van der Waals surface area contributed by atoms with Crippen LogP contribution in [0, 0.1) is 11.8 Å². The zero-order chi connectivity index (χ0) is 14.1. The summed E-state index contributed by atoms with van der Waals surface area (Å²) in [7, 11) is 0. The molecule has 5 nitrogen and oxygen atoms in total. The van der Waals surface area contributed by atoms with Crippen LogP contribution in [0.5, 0.6) is 0 Å². The molecule has 3 fully saturated rings. The summed E-state index contributed by atoms with van der Waals surface area (Å²) >= 11 is 0. The smallest absolute Gasteiger partial charge is 0.317 e. The van der Waals surface area contributed by atoms with E-state index in [9.17, 15) is 14.7 Å². The number of carboxylic acid groups (broad SMARTS) is 1.